The summed E-state index contributed by atoms with van der Waals surface area (Å²) in [5.41, 5.74) is 5.83. The number of likely N-dealkylation sites (tertiary alicyclic amines) is 1. The Labute approximate surface area is 149 Å². The lowest BCUT2D eigenvalue weighted by molar-refractivity contribution is -0.150. The average Bonchev–Trinajstić information content (AvgIpc) is 2.60. The predicted molar refractivity (Wildman–Crippen MR) is 91.1 cm³/mol. The van der Waals surface area contributed by atoms with Crippen molar-refractivity contribution in [1.82, 2.24) is 4.90 Å². The Morgan fingerprint density at radius 1 is 1.27 bits per heavy atom. The first-order valence-electron chi connectivity index (χ1n) is 8.23. The van der Waals surface area contributed by atoms with Crippen LogP contribution in [0.3, 0.4) is 0 Å². The average molecular weight is 356 g/mol. The van der Waals surface area contributed by atoms with Crippen molar-refractivity contribution in [3.05, 3.63) is 59.4 Å². The van der Waals surface area contributed by atoms with Gasteiger partial charge in [-0.15, -0.1) is 0 Å². The number of fused-ring (bicyclic) bond motifs is 1. The molecule has 0 unspecified atom stereocenters. The van der Waals surface area contributed by atoms with Crippen LogP contribution in [0, 0.1) is 5.82 Å². The summed E-state index contributed by atoms with van der Waals surface area (Å²) in [6, 6.07) is 11.9. The Balaban J connectivity index is 1.40. The van der Waals surface area contributed by atoms with Crippen LogP contribution in [0.25, 0.3) is 0 Å². The number of rotatable bonds is 2. The number of nitrogens with zero attached hydrogens (tertiary/aromatic N) is 1. The van der Waals surface area contributed by atoms with Gasteiger partial charge in [0.1, 0.15) is 18.2 Å². The van der Waals surface area contributed by atoms with Gasteiger partial charge in [-0.05, 0) is 11.6 Å². The molecule has 6 nitrogen and oxygen atoms in total. The fourth-order valence-corrected chi connectivity index (χ4v) is 3.20. The highest BCUT2D eigenvalue weighted by Crippen LogP contribution is 2.38. The summed E-state index contributed by atoms with van der Waals surface area (Å²) >= 11 is 0. The fourth-order valence-electron chi connectivity index (χ4n) is 3.20. The molecule has 1 spiro atoms. The highest BCUT2D eigenvalue weighted by atomic mass is 19.1. The largest absolute Gasteiger partial charge is 0.475 e. The van der Waals surface area contributed by atoms with Crippen molar-refractivity contribution < 1.29 is 23.5 Å². The first-order chi connectivity index (χ1) is 12.5. The van der Waals surface area contributed by atoms with E-state index in [9.17, 15) is 14.0 Å². The van der Waals surface area contributed by atoms with E-state index in [4.69, 9.17) is 15.2 Å². The van der Waals surface area contributed by atoms with E-state index >= 15 is 0 Å². The molecule has 0 atom stereocenters. The maximum Gasteiger partial charge on any atom is 0.410 e. The van der Waals surface area contributed by atoms with Gasteiger partial charge in [0.2, 0.25) is 5.60 Å². The molecule has 0 aliphatic carbocycles. The van der Waals surface area contributed by atoms with Crippen LogP contribution in [-0.4, -0.2) is 35.5 Å². The molecule has 0 aromatic heterocycles. The minimum absolute atomic E-state index is 0.0178. The van der Waals surface area contributed by atoms with Gasteiger partial charge in [-0.1, -0.05) is 30.3 Å². The molecule has 2 aromatic rings. The molecule has 2 aliphatic rings. The van der Waals surface area contributed by atoms with Gasteiger partial charge in [-0.3, -0.25) is 9.69 Å². The lowest BCUT2D eigenvalue weighted by Crippen LogP contribution is -2.71. The molecule has 7 heteroatoms. The number of anilines is 1. The Morgan fingerprint density at radius 2 is 2.00 bits per heavy atom. The number of amides is 1. The van der Waals surface area contributed by atoms with E-state index in [0.29, 0.717) is 11.3 Å². The second-order valence-corrected chi connectivity index (χ2v) is 6.57. The number of halogens is 1. The predicted octanol–water partition coefficient (Wildman–Crippen LogP) is 2.30. The molecular weight excluding hydrogens is 339 g/mol. The first kappa shape index (κ1) is 16.4. The molecule has 4 rings (SSSR count). The third kappa shape index (κ3) is 2.75. The summed E-state index contributed by atoms with van der Waals surface area (Å²) in [6.45, 7) is 0.334. The van der Waals surface area contributed by atoms with Gasteiger partial charge in [0.25, 0.3) is 0 Å². The fraction of sp³-hybridized carbons (Fsp3) is 0.263. The number of Topliss-reactive ketones (excluding diaryl/α,β-unsaturated/α-hetero) is 1. The van der Waals surface area contributed by atoms with Crippen molar-refractivity contribution in [2.45, 2.75) is 18.6 Å². The summed E-state index contributed by atoms with van der Waals surface area (Å²) in [4.78, 5) is 26.0. The van der Waals surface area contributed by atoms with E-state index in [1.54, 1.807) is 0 Å². The molecule has 134 valence electrons. The Kier molecular flexibility index (Phi) is 3.79. The van der Waals surface area contributed by atoms with E-state index in [0.717, 1.165) is 5.56 Å². The molecule has 2 aliphatic heterocycles. The standard InChI is InChI=1S/C19H17FN2O4/c20-14-8-16-13(6-15(14)21)7-17(23)19(26-16)10-22(11-19)18(24)25-9-12-4-2-1-3-5-12/h1-6,8H,7,9-11,21H2. The monoisotopic (exact) mass is 356 g/mol. The lowest BCUT2D eigenvalue weighted by atomic mass is 9.83. The van der Waals surface area contributed by atoms with Crippen molar-refractivity contribution in [2.24, 2.45) is 0 Å². The number of hydrogen-bond acceptors (Lipinski definition) is 5. The molecule has 2 heterocycles. The van der Waals surface area contributed by atoms with Crippen LogP contribution in [0.2, 0.25) is 0 Å². The van der Waals surface area contributed by atoms with Gasteiger partial charge in [0.05, 0.1) is 18.8 Å². The van der Waals surface area contributed by atoms with Crippen LogP contribution in [0.1, 0.15) is 11.1 Å². The van der Waals surface area contributed by atoms with Crippen molar-refractivity contribution in [3.63, 3.8) is 0 Å². The Bertz CT molecular complexity index is 879. The number of carbonyl (C=O) groups is 2. The van der Waals surface area contributed by atoms with Crippen molar-refractivity contribution >= 4 is 17.6 Å². The van der Waals surface area contributed by atoms with E-state index in [-0.39, 0.29) is 37.6 Å². The molecule has 0 saturated carbocycles. The minimum Gasteiger partial charge on any atom is -0.475 e. The summed E-state index contributed by atoms with van der Waals surface area (Å²) < 4.78 is 24.7. The zero-order valence-corrected chi connectivity index (χ0v) is 13.9. The number of carbonyl (C=O) groups excluding carboxylic acids is 2. The molecular formula is C19H17FN2O4. The molecule has 26 heavy (non-hydrogen) atoms. The number of nitrogen functional groups attached to an aromatic ring is 1. The van der Waals surface area contributed by atoms with Crippen molar-refractivity contribution in [1.29, 1.82) is 0 Å². The third-order valence-electron chi connectivity index (χ3n) is 4.70. The number of benzene rings is 2. The van der Waals surface area contributed by atoms with Gasteiger partial charge in [-0.25, -0.2) is 9.18 Å². The van der Waals surface area contributed by atoms with Gasteiger partial charge in [-0.2, -0.15) is 0 Å². The van der Waals surface area contributed by atoms with Crippen LogP contribution in [0.4, 0.5) is 14.9 Å². The molecule has 2 N–H and O–H groups in total. The van der Waals surface area contributed by atoms with Crippen LogP contribution >= 0.6 is 0 Å². The number of ketones is 1. The van der Waals surface area contributed by atoms with Gasteiger partial charge in [0.15, 0.2) is 5.78 Å². The van der Waals surface area contributed by atoms with E-state index in [2.05, 4.69) is 0 Å². The van der Waals surface area contributed by atoms with Gasteiger partial charge < -0.3 is 15.2 Å². The van der Waals surface area contributed by atoms with Crippen molar-refractivity contribution in [2.75, 3.05) is 18.8 Å². The number of hydrogen-bond donors (Lipinski definition) is 1. The van der Waals surface area contributed by atoms with Crippen molar-refractivity contribution in [3.8, 4) is 5.75 Å². The van der Waals surface area contributed by atoms with E-state index in [1.807, 2.05) is 30.3 Å². The highest BCUT2D eigenvalue weighted by Gasteiger charge is 2.55. The maximum atomic E-state index is 13.7. The molecule has 0 bridgehead atoms. The maximum absolute atomic E-state index is 13.7. The van der Waals surface area contributed by atoms with Crippen LogP contribution in [-0.2, 0) is 22.6 Å². The molecule has 1 saturated heterocycles. The normalized spacial score (nSPS) is 17.3. The van der Waals surface area contributed by atoms with E-state index < -0.39 is 17.5 Å². The molecule has 1 fully saturated rings. The summed E-state index contributed by atoms with van der Waals surface area (Å²) in [5.74, 6) is -0.441. The SMILES string of the molecule is Nc1cc2c(cc1F)OC1(CN(C(=O)OCc3ccccc3)C1)C(=O)C2. The quantitative estimate of drug-likeness (QED) is 0.835. The van der Waals surface area contributed by atoms with Crippen LogP contribution < -0.4 is 10.5 Å². The number of ether oxygens (including phenoxy) is 2. The topological polar surface area (TPSA) is 81.9 Å². The Hall–Kier alpha value is -3.09. The zero-order valence-electron chi connectivity index (χ0n) is 13.9. The molecule has 0 radical (unpaired) electrons. The van der Waals surface area contributed by atoms with Crippen LogP contribution in [0.5, 0.6) is 5.75 Å². The lowest BCUT2D eigenvalue weighted by Gasteiger charge is -2.49. The summed E-state index contributed by atoms with van der Waals surface area (Å²) in [7, 11) is 0. The summed E-state index contributed by atoms with van der Waals surface area (Å²) in [6.07, 6.45) is -0.405. The van der Waals surface area contributed by atoms with E-state index in [1.165, 1.54) is 17.0 Å². The zero-order chi connectivity index (χ0) is 18.3. The highest BCUT2D eigenvalue weighted by molar-refractivity contribution is 5.94. The smallest absolute Gasteiger partial charge is 0.410 e. The summed E-state index contributed by atoms with van der Waals surface area (Å²) in [5, 5.41) is 0. The first-order valence-corrected chi connectivity index (χ1v) is 8.23. The second kappa shape index (κ2) is 6.01. The van der Waals surface area contributed by atoms with Gasteiger partial charge >= 0.3 is 6.09 Å². The Morgan fingerprint density at radius 3 is 2.73 bits per heavy atom. The second-order valence-electron chi connectivity index (χ2n) is 6.57. The third-order valence-corrected chi connectivity index (χ3v) is 4.70. The van der Waals surface area contributed by atoms with Gasteiger partial charge in [0, 0.05) is 18.1 Å². The molecule has 2 aromatic carbocycles. The molecule has 1 amide bonds. The number of nitrogens with two attached hydrogens (primary N) is 1. The minimum atomic E-state index is -1.12. The van der Waals surface area contributed by atoms with Crippen LogP contribution in [0.15, 0.2) is 42.5 Å².